The molecule has 0 unspecified atom stereocenters. The lowest BCUT2D eigenvalue weighted by molar-refractivity contribution is -0.295. The summed E-state index contributed by atoms with van der Waals surface area (Å²) in [6, 6.07) is 3.81. The molecule has 12 nitrogen and oxygen atoms in total. The molecule has 5 N–H and O–H groups in total. The lowest BCUT2D eigenvalue weighted by Gasteiger charge is -2.51. The Balaban J connectivity index is 1.69. The van der Waals surface area contributed by atoms with Gasteiger partial charge in [0.1, 0.15) is 41.2 Å². The Hall–Kier alpha value is -3.10. The van der Waals surface area contributed by atoms with Crippen LogP contribution in [-0.2, 0) is 14.2 Å². The summed E-state index contributed by atoms with van der Waals surface area (Å²) in [6.07, 6.45) is -6.53. The van der Waals surface area contributed by atoms with Crippen LogP contribution in [0.25, 0.3) is 0 Å². The molecular formula is C30H37NO11. The highest BCUT2D eigenvalue weighted by molar-refractivity contribution is 6.31. The van der Waals surface area contributed by atoms with E-state index in [1.807, 2.05) is 25.9 Å². The zero-order chi connectivity index (χ0) is 31.0. The summed E-state index contributed by atoms with van der Waals surface area (Å²) in [5.74, 6) is -2.63. The quantitative estimate of drug-likeness (QED) is 0.292. The molecule has 2 aliphatic carbocycles. The van der Waals surface area contributed by atoms with Crippen molar-refractivity contribution in [2.24, 2.45) is 0 Å². The number of hydrogen-bond acceptors (Lipinski definition) is 12. The van der Waals surface area contributed by atoms with Crippen molar-refractivity contribution >= 4 is 11.6 Å². The third-order valence-corrected chi connectivity index (χ3v) is 9.25. The molecule has 0 aromatic heterocycles. The van der Waals surface area contributed by atoms with Crippen molar-refractivity contribution in [3.05, 3.63) is 51.6 Å². The number of phenolic OH excluding ortho intramolecular Hbond substituents is 2. The summed E-state index contributed by atoms with van der Waals surface area (Å²) in [6.45, 7) is 4.88. The van der Waals surface area contributed by atoms with Crippen LogP contribution in [-0.4, -0.2) is 106 Å². The number of aliphatic hydroxyl groups is 3. The van der Waals surface area contributed by atoms with Crippen molar-refractivity contribution in [3.63, 3.8) is 0 Å². The molecule has 2 aromatic rings. The van der Waals surface area contributed by atoms with Gasteiger partial charge in [-0.2, -0.15) is 0 Å². The normalized spacial score (nSPS) is 34.2. The van der Waals surface area contributed by atoms with Gasteiger partial charge in [0.2, 0.25) is 5.78 Å². The fourth-order valence-electron chi connectivity index (χ4n) is 6.54. The fraction of sp³-hybridized carbons (Fsp3) is 0.533. The van der Waals surface area contributed by atoms with E-state index in [0.717, 1.165) is 0 Å². The van der Waals surface area contributed by atoms with Gasteiger partial charge >= 0.3 is 0 Å². The van der Waals surface area contributed by atoms with Gasteiger partial charge in [0.25, 0.3) is 0 Å². The molecule has 1 heterocycles. The fourth-order valence-corrected chi connectivity index (χ4v) is 6.54. The van der Waals surface area contributed by atoms with Gasteiger partial charge < -0.3 is 49.4 Å². The van der Waals surface area contributed by atoms with E-state index < -0.39 is 76.6 Å². The second kappa shape index (κ2) is 10.3. The van der Waals surface area contributed by atoms with Crippen molar-refractivity contribution in [1.82, 2.24) is 4.90 Å². The van der Waals surface area contributed by atoms with E-state index >= 15 is 0 Å². The summed E-state index contributed by atoms with van der Waals surface area (Å²) in [5, 5.41) is 56.0. The van der Waals surface area contributed by atoms with E-state index in [1.165, 1.54) is 39.3 Å². The number of carbonyl (C=O) groups excluding carboxylic acids is 2. The van der Waals surface area contributed by atoms with Crippen LogP contribution in [0, 0.1) is 0 Å². The molecule has 0 amide bonds. The van der Waals surface area contributed by atoms with Crippen LogP contribution in [0.4, 0.5) is 0 Å². The van der Waals surface area contributed by atoms with Gasteiger partial charge in [0, 0.05) is 24.7 Å². The van der Waals surface area contributed by atoms with E-state index in [4.69, 9.17) is 18.9 Å². The Bertz CT molecular complexity index is 1450. The number of rotatable bonds is 5. The number of likely N-dealkylation sites (N-methyl/N-ethyl adjacent to an activating group) is 1. The van der Waals surface area contributed by atoms with Gasteiger partial charge in [0.15, 0.2) is 12.1 Å². The highest BCUT2D eigenvalue weighted by atomic mass is 16.7. The lowest BCUT2D eigenvalue weighted by Crippen LogP contribution is -2.62. The second-order valence-electron chi connectivity index (χ2n) is 11.9. The van der Waals surface area contributed by atoms with E-state index in [9.17, 15) is 35.1 Å². The smallest absolute Gasteiger partial charge is 0.202 e. The van der Waals surface area contributed by atoms with Crippen molar-refractivity contribution in [2.45, 2.75) is 75.1 Å². The molecule has 1 fully saturated rings. The number of aliphatic hydroxyl groups excluding tert-OH is 2. The number of ether oxygens (including phenoxy) is 4. The maximum absolute atomic E-state index is 13.8. The summed E-state index contributed by atoms with van der Waals surface area (Å²) in [5.41, 5.74) is -4.00. The zero-order valence-corrected chi connectivity index (χ0v) is 24.5. The lowest BCUT2D eigenvalue weighted by atomic mass is 9.71. The van der Waals surface area contributed by atoms with Gasteiger partial charge in [-0.25, -0.2) is 0 Å². The Morgan fingerprint density at radius 1 is 1.02 bits per heavy atom. The van der Waals surface area contributed by atoms with Crippen molar-refractivity contribution < 1.29 is 54.1 Å². The molecule has 0 bridgehead atoms. The topological polar surface area (TPSA) is 175 Å². The number of nitrogens with zero attached hydrogens (tertiary/aromatic N) is 1. The predicted octanol–water partition coefficient (Wildman–Crippen LogP) is 1.57. The minimum atomic E-state index is -1.98. The zero-order valence-electron chi connectivity index (χ0n) is 24.5. The molecular weight excluding hydrogens is 550 g/mol. The minimum Gasteiger partial charge on any atom is -0.507 e. The highest BCUT2D eigenvalue weighted by Gasteiger charge is 2.55. The molecule has 0 saturated carbocycles. The first-order valence-electron chi connectivity index (χ1n) is 13.6. The number of benzene rings is 2. The van der Waals surface area contributed by atoms with E-state index in [1.54, 1.807) is 6.92 Å². The molecule has 42 heavy (non-hydrogen) atoms. The number of methoxy groups -OCH3 is 2. The first kappa shape index (κ1) is 30.4. The predicted molar refractivity (Wildman–Crippen MR) is 147 cm³/mol. The maximum atomic E-state index is 13.8. The van der Waals surface area contributed by atoms with Gasteiger partial charge in [0.05, 0.1) is 41.5 Å². The number of fused-ring (bicyclic) bond motifs is 3. The molecule has 12 heteroatoms. The molecule has 3 aliphatic rings. The number of carbonyl (C=O) groups is 2. The molecule has 8 atom stereocenters. The Morgan fingerprint density at radius 3 is 2.29 bits per heavy atom. The van der Waals surface area contributed by atoms with E-state index in [2.05, 4.69) is 0 Å². The van der Waals surface area contributed by atoms with Gasteiger partial charge in [-0.3, -0.25) is 9.59 Å². The van der Waals surface area contributed by atoms with Crippen LogP contribution in [0.1, 0.15) is 82.4 Å². The van der Waals surface area contributed by atoms with Crippen LogP contribution in [0.3, 0.4) is 0 Å². The Labute approximate surface area is 243 Å². The molecule has 228 valence electrons. The van der Waals surface area contributed by atoms with Crippen molar-refractivity contribution in [2.75, 3.05) is 28.3 Å². The number of hydrogen-bond donors (Lipinski definition) is 5. The highest BCUT2D eigenvalue weighted by Crippen LogP contribution is 2.53. The standard InChI is InChI=1S/C30H37NO11/c1-12-26(36)29(2,31(4)5)11-17(41-12)42-25-19-14(27(37)30(3,38)28(25)40-7)10-13-18(23(19)34)24(35)20-15(32)8-9-16(39-6)21(20)22(13)33/h8-10,12,17,25-28,32,34,36-38H,11H2,1-7H3/t12-,17-,25+,26+,27+,28+,29-,30-/m0/s1. The molecule has 5 rings (SSSR count). The Morgan fingerprint density at radius 2 is 1.69 bits per heavy atom. The van der Waals surface area contributed by atoms with Gasteiger partial charge in [-0.15, -0.1) is 0 Å². The van der Waals surface area contributed by atoms with E-state index in [0.29, 0.717) is 0 Å². The molecule has 2 aromatic carbocycles. The molecule has 1 saturated heterocycles. The first-order valence-corrected chi connectivity index (χ1v) is 13.6. The largest absolute Gasteiger partial charge is 0.507 e. The molecule has 0 radical (unpaired) electrons. The number of phenols is 2. The summed E-state index contributed by atoms with van der Waals surface area (Å²) in [4.78, 5) is 29.3. The van der Waals surface area contributed by atoms with Gasteiger partial charge in [-0.05, 0) is 58.6 Å². The van der Waals surface area contributed by atoms with Crippen LogP contribution < -0.4 is 4.74 Å². The molecule has 0 spiro atoms. The summed E-state index contributed by atoms with van der Waals surface area (Å²) >= 11 is 0. The monoisotopic (exact) mass is 587 g/mol. The SMILES string of the molecule is COc1ccc(O)c2c1C(=O)c1cc3c(c(O)c1C2=O)[C@@H](O[C@H]1C[C@](C)(N(C)C)[C@H](O)[C@H](C)O1)[C@@H](OC)[C@@](C)(O)[C@@H]3O. The first-order chi connectivity index (χ1) is 19.6. The van der Waals surface area contributed by atoms with Crippen LogP contribution in [0.15, 0.2) is 18.2 Å². The van der Waals surface area contributed by atoms with E-state index in [-0.39, 0.29) is 40.0 Å². The van der Waals surface area contributed by atoms with Gasteiger partial charge in [-0.1, -0.05) is 0 Å². The summed E-state index contributed by atoms with van der Waals surface area (Å²) in [7, 11) is 6.25. The van der Waals surface area contributed by atoms with Crippen LogP contribution >= 0.6 is 0 Å². The van der Waals surface area contributed by atoms with Crippen LogP contribution in [0.5, 0.6) is 17.2 Å². The summed E-state index contributed by atoms with van der Waals surface area (Å²) < 4.78 is 23.3. The average molecular weight is 588 g/mol. The van der Waals surface area contributed by atoms with Crippen LogP contribution in [0.2, 0.25) is 0 Å². The second-order valence-corrected chi connectivity index (χ2v) is 11.9. The van der Waals surface area contributed by atoms with Crippen molar-refractivity contribution in [1.29, 1.82) is 0 Å². The Kier molecular flexibility index (Phi) is 7.42. The maximum Gasteiger partial charge on any atom is 0.202 e. The average Bonchev–Trinajstić information content (AvgIpc) is 2.92. The third kappa shape index (κ3) is 4.16. The number of ketones is 2. The molecule has 1 aliphatic heterocycles. The number of aromatic hydroxyl groups is 2. The van der Waals surface area contributed by atoms with Crippen molar-refractivity contribution in [3.8, 4) is 17.2 Å². The third-order valence-electron chi connectivity index (χ3n) is 9.25. The minimum absolute atomic E-state index is 0.0440.